The van der Waals surface area contributed by atoms with Crippen molar-refractivity contribution in [3.63, 3.8) is 0 Å². The second-order valence-corrected chi connectivity index (χ2v) is 8.16. The minimum atomic E-state index is -3.84. The zero-order chi connectivity index (χ0) is 20.3. The summed E-state index contributed by atoms with van der Waals surface area (Å²) in [7, 11) is -3.84. The molecule has 0 aromatic heterocycles. The molecule has 1 fully saturated rings. The summed E-state index contributed by atoms with van der Waals surface area (Å²) < 4.78 is 65.7. The number of nitrogens with zero attached hydrogens (tertiary/aromatic N) is 2. The van der Waals surface area contributed by atoms with Crippen LogP contribution >= 0.6 is 0 Å². The molecule has 3 rings (SSSR count). The second-order valence-electron chi connectivity index (χ2n) is 6.22. The molecule has 2 aromatic rings. The van der Waals surface area contributed by atoms with Gasteiger partial charge in [0.1, 0.15) is 5.82 Å². The number of amides is 1. The maximum absolute atomic E-state index is 13.3. The van der Waals surface area contributed by atoms with Crippen LogP contribution in [0.5, 0.6) is 0 Å². The van der Waals surface area contributed by atoms with Crippen LogP contribution in [0, 0.1) is 17.5 Å². The van der Waals surface area contributed by atoms with Crippen LogP contribution in [0.3, 0.4) is 0 Å². The smallest absolute Gasteiger partial charge is 0.243 e. The molecule has 28 heavy (non-hydrogen) atoms. The van der Waals surface area contributed by atoms with Gasteiger partial charge in [-0.2, -0.15) is 4.31 Å². The van der Waals surface area contributed by atoms with Crippen LogP contribution in [0.15, 0.2) is 47.4 Å². The van der Waals surface area contributed by atoms with Crippen molar-refractivity contribution in [2.75, 3.05) is 38.0 Å². The van der Waals surface area contributed by atoms with Crippen molar-refractivity contribution >= 4 is 21.6 Å². The van der Waals surface area contributed by atoms with E-state index in [-0.39, 0.29) is 49.2 Å². The van der Waals surface area contributed by atoms with Crippen molar-refractivity contribution < 1.29 is 26.4 Å². The van der Waals surface area contributed by atoms with Crippen molar-refractivity contribution in [2.45, 2.75) is 4.90 Å². The maximum atomic E-state index is 13.3. The lowest BCUT2D eigenvalue weighted by Gasteiger charge is -2.34. The summed E-state index contributed by atoms with van der Waals surface area (Å²) in [6, 6.07) is 7.99. The number of benzene rings is 2. The molecule has 1 saturated heterocycles. The van der Waals surface area contributed by atoms with Crippen LogP contribution in [-0.4, -0.2) is 56.3 Å². The van der Waals surface area contributed by atoms with E-state index in [0.29, 0.717) is 0 Å². The van der Waals surface area contributed by atoms with Crippen molar-refractivity contribution in [3.05, 3.63) is 59.9 Å². The normalized spacial score (nSPS) is 15.5. The highest BCUT2D eigenvalue weighted by atomic mass is 32.2. The maximum Gasteiger partial charge on any atom is 0.243 e. The van der Waals surface area contributed by atoms with Crippen molar-refractivity contribution in [2.24, 2.45) is 0 Å². The zero-order valence-corrected chi connectivity index (χ0v) is 15.6. The fourth-order valence-corrected chi connectivity index (χ4v) is 4.30. The Morgan fingerprint density at radius 3 is 2.32 bits per heavy atom. The van der Waals surface area contributed by atoms with Gasteiger partial charge in [0.25, 0.3) is 0 Å². The molecule has 1 amide bonds. The van der Waals surface area contributed by atoms with E-state index < -0.39 is 27.5 Å². The first-order valence-corrected chi connectivity index (χ1v) is 9.94. The Kier molecular flexibility index (Phi) is 5.90. The molecule has 0 spiro atoms. The van der Waals surface area contributed by atoms with Gasteiger partial charge in [0.2, 0.25) is 15.9 Å². The fourth-order valence-electron chi connectivity index (χ4n) is 2.85. The molecule has 0 atom stereocenters. The van der Waals surface area contributed by atoms with Crippen LogP contribution in [0.1, 0.15) is 0 Å². The number of sulfonamides is 1. The third-order valence-electron chi connectivity index (χ3n) is 4.39. The number of carbonyl (C=O) groups excluding carboxylic acids is 1. The van der Waals surface area contributed by atoms with E-state index in [0.717, 1.165) is 24.3 Å². The third-order valence-corrected chi connectivity index (χ3v) is 6.28. The standard InChI is InChI=1S/C18H18F3N3O3S/c19-13-2-1-3-15(10-13)28(26,27)24-8-6-23(7-9-24)18(25)12-22-14-4-5-16(20)17(21)11-14/h1-5,10-11,22H,6-9,12H2. The lowest BCUT2D eigenvalue weighted by Crippen LogP contribution is -2.51. The van der Waals surface area contributed by atoms with Crippen molar-refractivity contribution in [1.82, 2.24) is 9.21 Å². The van der Waals surface area contributed by atoms with Crippen molar-refractivity contribution in [3.8, 4) is 0 Å². The molecule has 150 valence electrons. The van der Waals surface area contributed by atoms with Crippen LogP contribution in [-0.2, 0) is 14.8 Å². The molecule has 1 heterocycles. The Hall–Kier alpha value is -2.59. The van der Waals surface area contributed by atoms with E-state index >= 15 is 0 Å². The van der Waals surface area contributed by atoms with Gasteiger partial charge in [-0.3, -0.25) is 4.79 Å². The minimum absolute atomic E-state index is 0.0791. The minimum Gasteiger partial charge on any atom is -0.376 e. The first kappa shape index (κ1) is 20.2. The molecule has 1 aliphatic rings. The Labute approximate surface area is 160 Å². The Bertz CT molecular complexity index is 977. The van der Waals surface area contributed by atoms with Gasteiger partial charge in [0.15, 0.2) is 11.6 Å². The quantitative estimate of drug-likeness (QED) is 0.815. The molecule has 1 N–H and O–H groups in total. The number of anilines is 1. The van der Waals surface area contributed by atoms with Crippen molar-refractivity contribution in [1.29, 1.82) is 0 Å². The summed E-state index contributed by atoms with van der Waals surface area (Å²) in [5, 5.41) is 2.71. The van der Waals surface area contributed by atoms with E-state index in [9.17, 15) is 26.4 Å². The number of rotatable bonds is 5. The monoisotopic (exact) mass is 413 g/mol. The summed E-state index contributed by atoms with van der Waals surface area (Å²) in [4.78, 5) is 13.6. The Morgan fingerprint density at radius 2 is 1.68 bits per heavy atom. The molecule has 0 aliphatic carbocycles. The van der Waals surface area contributed by atoms with Crippen LogP contribution < -0.4 is 5.32 Å². The number of hydrogen-bond donors (Lipinski definition) is 1. The summed E-state index contributed by atoms with van der Waals surface area (Å²) in [5.74, 6) is -2.94. The average molecular weight is 413 g/mol. The molecule has 6 nitrogen and oxygen atoms in total. The van der Waals surface area contributed by atoms with Crippen LogP contribution in [0.4, 0.5) is 18.9 Å². The average Bonchev–Trinajstić information content (AvgIpc) is 2.68. The van der Waals surface area contributed by atoms with E-state index in [1.54, 1.807) is 0 Å². The van der Waals surface area contributed by atoms with Gasteiger partial charge < -0.3 is 10.2 Å². The highest BCUT2D eigenvalue weighted by Crippen LogP contribution is 2.19. The molecular formula is C18H18F3N3O3S. The molecule has 1 aliphatic heterocycles. The number of nitrogens with one attached hydrogen (secondary N) is 1. The topological polar surface area (TPSA) is 69.7 Å². The first-order valence-electron chi connectivity index (χ1n) is 8.50. The summed E-state index contributed by atoms with van der Waals surface area (Å²) in [5.41, 5.74) is 0.263. The Balaban J connectivity index is 1.55. The van der Waals surface area contributed by atoms with Gasteiger partial charge >= 0.3 is 0 Å². The lowest BCUT2D eigenvalue weighted by atomic mass is 10.3. The zero-order valence-electron chi connectivity index (χ0n) is 14.7. The van der Waals surface area contributed by atoms with E-state index in [1.165, 1.54) is 27.4 Å². The van der Waals surface area contributed by atoms with E-state index in [4.69, 9.17) is 0 Å². The number of piperazine rings is 1. The lowest BCUT2D eigenvalue weighted by molar-refractivity contribution is -0.130. The van der Waals surface area contributed by atoms with Crippen LogP contribution in [0.2, 0.25) is 0 Å². The van der Waals surface area contributed by atoms with Gasteiger partial charge in [-0.25, -0.2) is 21.6 Å². The van der Waals surface area contributed by atoms with Crippen LogP contribution in [0.25, 0.3) is 0 Å². The molecule has 10 heteroatoms. The number of carbonyl (C=O) groups is 1. The molecule has 0 radical (unpaired) electrons. The summed E-state index contributed by atoms with van der Waals surface area (Å²) >= 11 is 0. The molecule has 0 bridgehead atoms. The SMILES string of the molecule is O=C(CNc1ccc(F)c(F)c1)N1CCN(S(=O)(=O)c2cccc(F)c2)CC1. The summed E-state index contributed by atoms with van der Waals surface area (Å²) in [6.45, 7) is 0.368. The van der Waals surface area contributed by atoms with Gasteiger partial charge in [0, 0.05) is 37.9 Å². The molecule has 2 aromatic carbocycles. The predicted octanol–water partition coefficient (Wildman–Crippen LogP) is 2.05. The van der Waals surface area contributed by atoms with E-state index in [1.807, 2.05) is 0 Å². The van der Waals surface area contributed by atoms with Gasteiger partial charge in [-0.15, -0.1) is 0 Å². The molecule has 0 saturated carbocycles. The number of hydrogen-bond acceptors (Lipinski definition) is 4. The third kappa shape index (κ3) is 4.45. The van der Waals surface area contributed by atoms with Gasteiger partial charge in [0.05, 0.1) is 11.4 Å². The molecular weight excluding hydrogens is 395 g/mol. The largest absolute Gasteiger partial charge is 0.376 e. The summed E-state index contributed by atoms with van der Waals surface area (Å²) in [6.07, 6.45) is 0. The molecule has 0 unspecified atom stereocenters. The van der Waals surface area contributed by atoms with E-state index in [2.05, 4.69) is 5.32 Å². The first-order chi connectivity index (χ1) is 13.3. The fraction of sp³-hybridized carbons (Fsp3) is 0.278. The predicted molar refractivity (Wildman–Crippen MR) is 96.6 cm³/mol. The highest BCUT2D eigenvalue weighted by molar-refractivity contribution is 7.89. The van der Waals surface area contributed by atoms with Gasteiger partial charge in [-0.05, 0) is 30.3 Å². The van der Waals surface area contributed by atoms with Gasteiger partial charge in [-0.1, -0.05) is 6.07 Å². The Morgan fingerprint density at radius 1 is 0.964 bits per heavy atom. The second kappa shape index (κ2) is 8.19. The number of halogens is 3. The highest BCUT2D eigenvalue weighted by Gasteiger charge is 2.30.